The average molecular weight is 492 g/mol. The zero-order valence-electron chi connectivity index (χ0n) is 22.9. The van der Waals surface area contributed by atoms with E-state index in [1.165, 1.54) is 17.0 Å². The zero-order chi connectivity index (χ0) is 27.0. The van der Waals surface area contributed by atoms with Gasteiger partial charge in [-0.3, -0.25) is 9.59 Å². The van der Waals surface area contributed by atoms with Crippen LogP contribution in [-0.4, -0.2) is 51.6 Å². The number of hydrogen-bond donors (Lipinski definition) is 3. The number of unbranched alkanes of at least 4 members (excludes halogenated alkanes) is 1. The maximum atomic E-state index is 14.1. The molecular formula is C27H45N3O5. The normalized spacial score (nSPS) is 13.7. The van der Waals surface area contributed by atoms with Gasteiger partial charge < -0.3 is 25.4 Å². The summed E-state index contributed by atoms with van der Waals surface area (Å²) in [6, 6.07) is 4.45. The van der Waals surface area contributed by atoms with Crippen molar-refractivity contribution in [3.05, 3.63) is 29.8 Å². The Morgan fingerprint density at radius 2 is 1.60 bits per heavy atom. The van der Waals surface area contributed by atoms with Crippen molar-refractivity contribution in [3.63, 3.8) is 0 Å². The van der Waals surface area contributed by atoms with E-state index in [2.05, 4.69) is 10.6 Å². The van der Waals surface area contributed by atoms with Crippen LogP contribution >= 0.6 is 0 Å². The topological polar surface area (TPSA) is 108 Å². The van der Waals surface area contributed by atoms with E-state index in [4.69, 9.17) is 4.74 Å². The van der Waals surface area contributed by atoms with E-state index in [1.54, 1.807) is 32.9 Å². The summed E-state index contributed by atoms with van der Waals surface area (Å²) in [5, 5.41) is 15.5. The molecule has 0 radical (unpaired) electrons. The lowest BCUT2D eigenvalue weighted by atomic mass is 9.93. The Labute approximate surface area is 210 Å². The standard InChI is InChI=1S/C27H45N3O5/c1-10-11-16-28-23(32)22(19-12-14-20(31)15-13-19)30(26(4,5)6)24(33)21(17-18(2)3)29-25(34)35-27(7,8)9/h12-15,18,21-22,31H,10-11,16-17H2,1-9H3,(H,28,32)(H,29,34). The molecule has 1 aromatic carbocycles. The number of ether oxygens (including phenoxy) is 1. The van der Waals surface area contributed by atoms with E-state index in [0.29, 0.717) is 18.5 Å². The first-order chi connectivity index (χ1) is 16.1. The van der Waals surface area contributed by atoms with Gasteiger partial charge in [0.1, 0.15) is 23.4 Å². The summed E-state index contributed by atoms with van der Waals surface area (Å²) < 4.78 is 5.41. The first-order valence-electron chi connectivity index (χ1n) is 12.5. The predicted octanol–water partition coefficient (Wildman–Crippen LogP) is 4.92. The largest absolute Gasteiger partial charge is 0.508 e. The van der Waals surface area contributed by atoms with Crippen LogP contribution in [0.15, 0.2) is 24.3 Å². The second-order valence-electron chi connectivity index (χ2n) is 11.3. The number of phenols is 1. The second kappa shape index (κ2) is 12.8. The molecule has 0 aliphatic carbocycles. The number of hydrogen-bond acceptors (Lipinski definition) is 5. The van der Waals surface area contributed by atoms with Gasteiger partial charge in [-0.2, -0.15) is 0 Å². The highest BCUT2D eigenvalue weighted by molar-refractivity contribution is 5.92. The Morgan fingerprint density at radius 1 is 1.03 bits per heavy atom. The third-order valence-electron chi connectivity index (χ3n) is 5.20. The number of nitrogens with zero attached hydrogens (tertiary/aromatic N) is 1. The Bertz CT molecular complexity index is 838. The number of aromatic hydroxyl groups is 1. The van der Waals surface area contributed by atoms with Crippen LogP contribution in [0.2, 0.25) is 0 Å². The van der Waals surface area contributed by atoms with Gasteiger partial charge in [0.05, 0.1) is 0 Å². The number of amides is 3. The van der Waals surface area contributed by atoms with Crippen LogP contribution in [0.1, 0.15) is 93.2 Å². The number of phenolic OH excluding ortho intramolecular Hbond substituents is 1. The maximum absolute atomic E-state index is 14.1. The molecule has 0 saturated heterocycles. The minimum Gasteiger partial charge on any atom is -0.508 e. The quantitative estimate of drug-likeness (QED) is 0.403. The van der Waals surface area contributed by atoms with Crippen molar-refractivity contribution in [2.75, 3.05) is 6.54 Å². The minimum atomic E-state index is -0.949. The molecule has 2 atom stereocenters. The van der Waals surface area contributed by atoms with E-state index in [0.717, 1.165) is 12.8 Å². The van der Waals surface area contributed by atoms with Crippen molar-refractivity contribution in [1.29, 1.82) is 0 Å². The molecule has 0 heterocycles. The third kappa shape index (κ3) is 10.2. The van der Waals surface area contributed by atoms with E-state index in [1.807, 2.05) is 41.5 Å². The van der Waals surface area contributed by atoms with Crippen LogP contribution in [0, 0.1) is 5.92 Å². The number of carbonyl (C=O) groups excluding carboxylic acids is 3. The highest BCUT2D eigenvalue weighted by Crippen LogP contribution is 2.31. The molecule has 2 unspecified atom stereocenters. The molecule has 0 saturated carbocycles. The lowest BCUT2D eigenvalue weighted by molar-refractivity contribution is -0.148. The molecule has 0 aliphatic rings. The Morgan fingerprint density at radius 3 is 2.06 bits per heavy atom. The molecule has 8 nitrogen and oxygen atoms in total. The summed E-state index contributed by atoms with van der Waals surface area (Å²) in [4.78, 5) is 41.7. The molecule has 1 rings (SSSR count). The summed E-state index contributed by atoms with van der Waals surface area (Å²) >= 11 is 0. The first-order valence-corrected chi connectivity index (χ1v) is 12.5. The van der Waals surface area contributed by atoms with Gasteiger partial charge in [-0.25, -0.2) is 4.79 Å². The highest BCUT2D eigenvalue weighted by atomic mass is 16.6. The summed E-state index contributed by atoms with van der Waals surface area (Å²) in [5.74, 6) is -0.517. The van der Waals surface area contributed by atoms with Crippen LogP contribution in [0.3, 0.4) is 0 Å². The van der Waals surface area contributed by atoms with E-state index < -0.39 is 29.3 Å². The van der Waals surface area contributed by atoms with E-state index in [9.17, 15) is 19.5 Å². The molecule has 0 bridgehead atoms. The predicted molar refractivity (Wildman–Crippen MR) is 138 cm³/mol. The monoisotopic (exact) mass is 491 g/mol. The molecule has 1 aromatic rings. The van der Waals surface area contributed by atoms with Gasteiger partial charge in [-0.1, -0.05) is 39.3 Å². The van der Waals surface area contributed by atoms with Crippen molar-refractivity contribution in [2.45, 2.75) is 105 Å². The maximum Gasteiger partial charge on any atom is 0.408 e. The second-order valence-corrected chi connectivity index (χ2v) is 11.3. The minimum absolute atomic E-state index is 0.0665. The summed E-state index contributed by atoms with van der Waals surface area (Å²) in [6.07, 6.45) is 1.43. The molecule has 3 N–H and O–H groups in total. The van der Waals surface area contributed by atoms with Crippen molar-refractivity contribution in [1.82, 2.24) is 15.5 Å². The van der Waals surface area contributed by atoms with E-state index >= 15 is 0 Å². The van der Waals surface area contributed by atoms with Gasteiger partial charge in [0, 0.05) is 12.1 Å². The van der Waals surface area contributed by atoms with Gasteiger partial charge in [0.15, 0.2) is 0 Å². The van der Waals surface area contributed by atoms with Gasteiger partial charge in [0.2, 0.25) is 11.8 Å². The van der Waals surface area contributed by atoms with Gasteiger partial charge in [-0.05, 0) is 78.0 Å². The van der Waals surface area contributed by atoms with E-state index in [-0.39, 0.29) is 23.5 Å². The number of benzene rings is 1. The fraction of sp³-hybridized carbons (Fsp3) is 0.667. The van der Waals surface area contributed by atoms with Gasteiger partial charge in [-0.15, -0.1) is 0 Å². The number of nitrogens with one attached hydrogen (secondary N) is 2. The van der Waals surface area contributed by atoms with Crippen molar-refractivity contribution in [2.24, 2.45) is 5.92 Å². The molecule has 0 fully saturated rings. The average Bonchev–Trinajstić information content (AvgIpc) is 2.69. The summed E-state index contributed by atoms with van der Waals surface area (Å²) in [6.45, 7) is 17.3. The fourth-order valence-corrected chi connectivity index (χ4v) is 3.72. The smallest absolute Gasteiger partial charge is 0.408 e. The van der Waals surface area contributed by atoms with Crippen LogP contribution in [0.5, 0.6) is 5.75 Å². The van der Waals surface area contributed by atoms with Gasteiger partial charge >= 0.3 is 6.09 Å². The Hall–Kier alpha value is -2.77. The molecule has 0 aromatic heterocycles. The van der Waals surface area contributed by atoms with Crippen molar-refractivity contribution in [3.8, 4) is 5.75 Å². The van der Waals surface area contributed by atoms with Gasteiger partial charge in [0.25, 0.3) is 0 Å². The molecule has 198 valence electrons. The molecule has 3 amide bonds. The van der Waals surface area contributed by atoms with Crippen LogP contribution < -0.4 is 10.6 Å². The Kier molecular flexibility index (Phi) is 11.1. The molecule has 0 aliphatic heterocycles. The fourth-order valence-electron chi connectivity index (χ4n) is 3.72. The molecule has 0 spiro atoms. The van der Waals surface area contributed by atoms with Crippen LogP contribution in [0.25, 0.3) is 0 Å². The zero-order valence-corrected chi connectivity index (χ0v) is 22.9. The SMILES string of the molecule is CCCCNC(=O)C(c1ccc(O)cc1)N(C(=O)C(CC(C)C)NC(=O)OC(C)(C)C)C(C)(C)C. The molecule has 35 heavy (non-hydrogen) atoms. The van der Waals surface area contributed by atoms with Crippen molar-refractivity contribution >= 4 is 17.9 Å². The third-order valence-corrected chi connectivity index (χ3v) is 5.20. The first kappa shape index (κ1) is 30.3. The highest BCUT2D eigenvalue weighted by Gasteiger charge is 2.42. The summed E-state index contributed by atoms with van der Waals surface area (Å²) in [7, 11) is 0. The number of carbonyl (C=O) groups is 3. The lowest BCUT2D eigenvalue weighted by Gasteiger charge is -2.43. The number of rotatable bonds is 10. The van der Waals surface area contributed by atoms with Crippen LogP contribution in [-0.2, 0) is 14.3 Å². The summed E-state index contributed by atoms with van der Waals surface area (Å²) in [5.41, 5.74) is -0.903. The molecular weight excluding hydrogens is 446 g/mol. The van der Waals surface area contributed by atoms with Crippen molar-refractivity contribution < 1.29 is 24.2 Å². The number of alkyl carbamates (subject to hydrolysis) is 1. The molecule has 8 heteroatoms. The lowest BCUT2D eigenvalue weighted by Crippen LogP contribution is -2.58. The van der Waals surface area contributed by atoms with Crippen LogP contribution in [0.4, 0.5) is 4.79 Å². The Balaban J connectivity index is 3.49.